The van der Waals surface area contributed by atoms with Crippen molar-refractivity contribution in [1.82, 2.24) is 9.88 Å². The average molecular weight is 413 g/mol. The summed E-state index contributed by atoms with van der Waals surface area (Å²) in [5, 5.41) is 3.91. The van der Waals surface area contributed by atoms with Crippen LogP contribution < -0.4 is 10.2 Å². The molecule has 6 nitrogen and oxygen atoms in total. The van der Waals surface area contributed by atoms with Crippen molar-refractivity contribution in [2.45, 2.75) is 38.8 Å². The van der Waals surface area contributed by atoms with Crippen molar-refractivity contribution in [2.24, 2.45) is 0 Å². The number of fused-ring (bicyclic) bond motifs is 9. The van der Waals surface area contributed by atoms with Crippen molar-refractivity contribution in [2.75, 3.05) is 11.4 Å². The number of rotatable bonds is 0. The molecule has 3 aliphatic rings. The summed E-state index contributed by atoms with van der Waals surface area (Å²) in [6.07, 6.45) is 0.357. The van der Waals surface area contributed by atoms with Gasteiger partial charge in [0.25, 0.3) is 5.91 Å². The Labute approximate surface area is 180 Å². The van der Waals surface area contributed by atoms with E-state index in [0.717, 1.165) is 40.0 Å². The Morgan fingerprint density at radius 2 is 1.84 bits per heavy atom. The van der Waals surface area contributed by atoms with Gasteiger partial charge in [-0.3, -0.25) is 4.79 Å². The third kappa shape index (κ3) is 2.45. The number of anilines is 1. The van der Waals surface area contributed by atoms with Crippen molar-refractivity contribution in [3.05, 3.63) is 71.0 Å². The number of nitrogens with one attached hydrogen (secondary N) is 1. The summed E-state index contributed by atoms with van der Waals surface area (Å²) in [6, 6.07) is 16.0. The van der Waals surface area contributed by atoms with E-state index in [9.17, 15) is 9.59 Å². The van der Waals surface area contributed by atoms with Gasteiger partial charge in [0.05, 0.1) is 35.1 Å². The number of hydrogen-bond donors (Lipinski definition) is 1. The van der Waals surface area contributed by atoms with Crippen LogP contribution in [0, 0.1) is 0 Å². The van der Waals surface area contributed by atoms with Crippen LogP contribution in [0.15, 0.2) is 54.2 Å². The molecule has 2 aromatic carbocycles. The molecule has 0 radical (unpaired) electrons. The standard InChI is InChI=1S/C25H23N3O3/c1-25(2,3)31-24(30)28-17-11-7-5-9-15(17)20-21-19(13-26-23(21)29)27-16-10-6-4-8-14(16)12-18(27)22(20)28/h4-11,18H,12-13H2,1-3H3,(H,26,29). The van der Waals surface area contributed by atoms with Crippen molar-refractivity contribution < 1.29 is 14.3 Å². The van der Waals surface area contributed by atoms with E-state index in [4.69, 9.17) is 4.74 Å². The van der Waals surface area contributed by atoms with E-state index in [1.54, 1.807) is 4.57 Å². The van der Waals surface area contributed by atoms with Gasteiger partial charge in [0.15, 0.2) is 0 Å². The van der Waals surface area contributed by atoms with Crippen molar-refractivity contribution in [3.63, 3.8) is 0 Å². The Morgan fingerprint density at radius 3 is 2.65 bits per heavy atom. The minimum absolute atomic E-state index is 0.0706. The number of para-hydroxylation sites is 2. The third-order valence-electron chi connectivity index (χ3n) is 6.25. The number of ether oxygens (including phenoxy) is 1. The van der Waals surface area contributed by atoms with Gasteiger partial charge < -0.3 is 15.0 Å². The van der Waals surface area contributed by atoms with Crippen LogP contribution in [0.1, 0.15) is 43.6 Å². The number of amides is 1. The summed E-state index contributed by atoms with van der Waals surface area (Å²) >= 11 is 0. The van der Waals surface area contributed by atoms with Crippen LogP contribution in [0.4, 0.5) is 10.5 Å². The lowest BCUT2D eigenvalue weighted by atomic mass is 9.92. The molecule has 3 aliphatic heterocycles. The highest BCUT2D eigenvalue weighted by atomic mass is 16.6. The summed E-state index contributed by atoms with van der Waals surface area (Å²) in [7, 11) is 0. The van der Waals surface area contributed by atoms with E-state index in [-0.39, 0.29) is 11.9 Å². The van der Waals surface area contributed by atoms with Crippen molar-refractivity contribution in [3.8, 4) is 0 Å². The number of aromatic nitrogens is 1. The summed E-state index contributed by atoms with van der Waals surface area (Å²) in [5.74, 6) is -0.0915. The lowest BCUT2D eigenvalue weighted by Crippen LogP contribution is -2.34. The molecule has 1 N–H and O–H groups in total. The maximum absolute atomic E-state index is 13.4. The number of benzene rings is 2. The predicted octanol–water partition coefficient (Wildman–Crippen LogP) is 4.38. The highest BCUT2D eigenvalue weighted by Crippen LogP contribution is 2.52. The first-order chi connectivity index (χ1) is 14.8. The molecule has 31 heavy (non-hydrogen) atoms. The smallest absolute Gasteiger partial charge is 0.419 e. The number of carbonyl (C=O) groups is 2. The van der Waals surface area contributed by atoms with Gasteiger partial charge in [-0.2, -0.15) is 0 Å². The monoisotopic (exact) mass is 413 g/mol. The second-order valence-corrected chi connectivity index (χ2v) is 9.32. The molecule has 6 rings (SSSR count). The topological polar surface area (TPSA) is 63.6 Å². The van der Waals surface area contributed by atoms with Gasteiger partial charge in [-0.05, 0) is 38.5 Å². The maximum Gasteiger partial charge on any atom is 0.419 e. The van der Waals surface area contributed by atoms with Gasteiger partial charge in [-0.25, -0.2) is 9.36 Å². The highest BCUT2D eigenvalue weighted by molar-refractivity contribution is 6.28. The Hall–Kier alpha value is -3.54. The first-order valence-electron chi connectivity index (χ1n) is 10.6. The van der Waals surface area contributed by atoms with E-state index in [1.165, 1.54) is 5.56 Å². The van der Waals surface area contributed by atoms with Crippen LogP contribution in [0.2, 0.25) is 0 Å². The van der Waals surface area contributed by atoms with Crippen molar-refractivity contribution >= 4 is 34.2 Å². The Bertz CT molecular complexity index is 1330. The summed E-state index contributed by atoms with van der Waals surface area (Å²) in [4.78, 5) is 28.7. The van der Waals surface area contributed by atoms with E-state index in [0.29, 0.717) is 12.1 Å². The largest absolute Gasteiger partial charge is 0.443 e. The van der Waals surface area contributed by atoms with Gasteiger partial charge in [-0.15, -0.1) is 0 Å². The number of nitrogens with zero attached hydrogens (tertiary/aromatic N) is 2. The normalized spacial score (nSPS) is 19.1. The average Bonchev–Trinajstić information content (AvgIpc) is 3.37. The molecule has 1 amide bonds. The minimum Gasteiger partial charge on any atom is -0.443 e. The summed E-state index contributed by atoms with van der Waals surface area (Å²) < 4.78 is 7.50. The SMILES string of the molecule is CC(C)(C)OC(=O)n1c2c(c3ccccc31)C1=C(CNC1=O)N1c3ccccc3CC21. The molecule has 0 saturated carbocycles. The van der Waals surface area contributed by atoms with Crippen molar-refractivity contribution in [1.29, 1.82) is 0 Å². The van der Waals surface area contributed by atoms with Gasteiger partial charge >= 0.3 is 6.09 Å². The zero-order valence-corrected chi connectivity index (χ0v) is 17.7. The summed E-state index contributed by atoms with van der Waals surface area (Å²) in [6.45, 7) is 6.09. The minimum atomic E-state index is -0.627. The summed E-state index contributed by atoms with van der Waals surface area (Å²) in [5.41, 5.74) is 5.81. The van der Waals surface area contributed by atoms with Crippen LogP contribution in [0.3, 0.4) is 0 Å². The Kier molecular flexibility index (Phi) is 3.53. The molecule has 0 saturated heterocycles. The fourth-order valence-corrected chi connectivity index (χ4v) is 5.22. The molecule has 0 aliphatic carbocycles. The molecule has 1 atom stereocenters. The zero-order valence-electron chi connectivity index (χ0n) is 17.7. The molecule has 6 heteroatoms. The van der Waals surface area contributed by atoms with Gasteiger partial charge in [0, 0.05) is 23.1 Å². The van der Waals surface area contributed by atoms with Crippen LogP contribution >= 0.6 is 0 Å². The molecular formula is C25H23N3O3. The second-order valence-electron chi connectivity index (χ2n) is 9.32. The molecule has 156 valence electrons. The fourth-order valence-electron chi connectivity index (χ4n) is 5.22. The molecule has 0 fully saturated rings. The van der Waals surface area contributed by atoms with Crippen LogP contribution in [-0.4, -0.2) is 28.7 Å². The van der Waals surface area contributed by atoms with E-state index in [2.05, 4.69) is 22.3 Å². The fraction of sp³-hybridized carbons (Fsp3) is 0.280. The first kappa shape index (κ1) is 18.2. The quantitative estimate of drug-likeness (QED) is 0.594. The third-order valence-corrected chi connectivity index (χ3v) is 6.25. The van der Waals surface area contributed by atoms with Gasteiger partial charge in [0.2, 0.25) is 0 Å². The second kappa shape index (κ2) is 6.00. The lowest BCUT2D eigenvalue weighted by molar-refractivity contribution is -0.114. The van der Waals surface area contributed by atoms with E-state index in [1.807, 2.05) is 57.2 Å². The zero-order chi connectivity index (χ0) is 21.5. The first-order valence-corrected chi connectivity index (χ1v) is 10.6. The van der Waals surface area contributed by atoms with Crippen LogP contribution in [0.25, 0.3) is 16.5 Å². The maximum atomic E-state index is 13.4. The lowest BCUT2D eigenvalue weighted by Gasteiger charge is -2.34. The van der Waals surface area contributed by atoms with Gasteiger partial charge in [-0.1, -0.05) is 36.4 Å². The Balaban J connectivity index is 1.69. The van der Waals surface area contributed by atoms with Gasteiger partial charge in [0.1, 0.15) is 5.60 Å². The van der Waals surface area contributed by atoms with Crippen LogP contribution in [-0.2, 0) is 16.0 Å². The molecule has 4 heterocycles. The number of hydrogen-bond acceptors (Lipinski definition) is 4. The molecule has 3 aromatic rings. The predicted molar refractivity (Wildman–Crippen MR) is 119 cm³/mol. The molecule has 0 bridgehead atoms. The molecule has 1 unspecified atom stereocenters. The highest BCUT2D eigenvalue weighted by Gasteiger charge is 2.47. The molecule has 0 spiro atoms. The van der Waals surface area contributed by atoms with Crippen LogP contribution in [0.5, 0.6) is 0 Å². The van der Waals surface area contributed by atoms with E-state index >= 15 is 0 Å². The molecular weight excluding hydrogens is 390 g/mol. The van der Waals surface area contributed by atoms with E-state index < -0.39 is 11.7 Å². The number of carbonyl (C=O) groups excluding carboxylic acids is 2. The molecule has 1 aromatic heterocycles. The Morgan fingerprint density at radius 1 is 1.10 bits per heavy atom.